The van der Waals surface area contributed by atoms with Gasteiger partial charge in [0.05, 0.1) is 22.0 Å². The molecule has 4 heterocycles. The predicted octanol–water partition coefficient (Wildman–Crippen LogP) is 7.54. The molecule has 0 atom stereocenters. The van der Waals surface area contributed by atoms with Crippen LogP contribution in [0.15, 0.2) is 95.5 Å². The van der Waals surface area contributed by atoms with E-state index in [9.17, 15) is 0 Å². The van der Waals surface area contributed by atoms with Crippen LogP contribution in [0.25, 0.3) is 71.3 Å². The van der Waals surface area contributed by atoms with E-state index in [0.717, 1.165) is 22.4 Å². The zero-order valence-electron chi connectivity index (χ0n) is 19.0. The molecule has 0 fully saturated rings. The highest BCUT2D eigenvalue weighted by atomic mass is 16.3. The Kier molecular flexibility index (Phi) is 3.27. The van der Waals surface area contributed by atoms with Gasteiger partial charge in [0.25, 0.3) is 5.69 Å². The molecule has 4 aromatic heterocycles. The van der Waals surface area contributed by atoms with E-state index >= 15 is 0 Å². The molecule has 3 nitrogen and oxygen atoms in total. The first kappa shape index (κ1) is 18.1. The fraction of sp³-hybridized carbons (Fsp3) is 0.0645. The minimum absolute atomic E-state index is 0.924. The van der Waals surface area contributed by atoms with Crippen LogP contribution in [0, 0.1) is 6.92 Å². The topological polar surface area (TPSA) is 21.4 Å². The van der Waals surface area contributed by atoms with Crippen molar-refractivity contribution >= 4 is 60.0 Å². The van der Waals surface area contributed by atoms with Crippen molar-refractivity contribution in [2.45, 2.75) is 6.92 Å². The maximum absolute atomic E-state index is 6.83. The lowest BCUT2D eigenvalue weighted by Crippen LogP contribution is -2.30. The highest BCUT2D eigenvalue weighted by Gasteiger charge is 2.27. The minimum Gasteiger partial charge on any atom is -0.432 e. The van der Waals surface area contributed by atoms with E-state index in [4.69, 9.17) is 4.42 Å². The number of pyridine rings is 1. The number of aromatic nitrogens is 2. The zero-order valence-corrected chi connectivity index (χ0v) is 19.0. The molecule has 160 valence electrons. The molecule has 0 aliphatic rings. The molecule has 34 heavy (non-hydrogen) atoms. The molecule has 3 heteroatoms. The molecule has 4 aromatic carbocycles. The summed E-state index contributed by atoms with van der Waals surface area (Å²) in [5.74, 6) is 0. The fourth-order valence-electron chi connectivity index (χ4n) is 6.03. The van der Waals surface area contributed by atoms with Gasteiger partial charge in [0.15, 0.2) is 6.20 Å². The molecule has 0 saturated carbocycles. The molecule has 0 saturated heterocycles. The first-order valence-electron chi connectivity index (χ1n) is 11.7. The molecule has 0 aliphatic heterocycles. The lowest BCUT2D eigenvalue weighted by atomic mass is 9.96. The van der Waals surface area contributed by atoms with Gasteiger partial charge in [-0.15, -0.1) is 0 Å². The standard InChI is InChI=1S/C31H21N2O/c1-18-20-9-4-3-8-19(20)14-15-21(18)29-30-25(16-17-32(29)2)27-24-12-7-11-23-22-10-5-6-13-26(22)33(28(23)24)31(27)34-30/h3-17H,1-2H3/q+1. The van der Waals surface area contributed by atoms with Crippen molar-refractivity contribution in [1.29, 1.82) is 0 Å². The molecule has 0 aliphatic carbocycles. The Hall–Kier alpha value is -4.37. The zero-order chi connectivity index (χ0) is 22.6. The number of para-hydroxylation sites is 2. The summed E-state index contributed by atoms with van der Waals surface area (Å²) in [6.07, 6.45) is 2.16. The third kappa shape index (κ3) is 2.06. The number of aryl methyl sites for hydroxylation is 2. The van der Waals surface area contributed by atoms with Gasteiger partial charge in [-0.3, -0.25) is 4.40 Å². The maximum Gasteiger partial charge on any atom is 0.256 e. The highest BCUT2D eigenvalue weighted by Crippen LogP contribution is 2.44. The van der Waals surface area contributed by atoms with E-state index in [1.54, 1.807) is 0 Å². The average molecular weight is 438 g/mol. The third-order valence-electron chi connectivity index (χ3n) is 7.58. The van der Waals surface area contributed by atoms with Crippen LogP contribution in [0.3, 0.4) is 0 Å². The van der Waals surface area contributed by atoms with Crippen LogP contribution >= 0.6 is 0 Å². The van der Waals surface area contributed by atoms with Gasteiger partial charge in [0, 0.05) is 27.6 Å². The van der Waals surface area contributed by atoms with Crippen molar-refractivity contribution in [2.75, 3.05) is 0 Å². The summed E-state index contributed by atoms with van der Waals surface area (Å²) >= 11 is 0. The van der Waals surface area contributed by atoms with Crippen molar-refractivity contribution in [3.8, 4) is 11.3 Å². The molecule has 0 amide bonds. The van der Waals surface area contributed by atoms with Crippen molar-refractivity contribution in [3.63, 3.8) is 0 Å². The van der Waals surface area contributed by atoms with Crippen LogP contribution < -0.4 is 4.57 Å². The lowest BCUT2D eigenvalue weighted by molar-refractivity contribution is -0.659. The smallest absolute Gasteiger partial charge is 0.256 e. The van der Waals surface area contributed by atoms with Gasteiger partial charge >= 0.3 is 0 Å². The number of nitrogens with zero attached hydrogens (tertiary/aromatic N) is 2. The van der Waals surface area contributed by atoms with E-state index in [1.165, 1.54) is 54.5 Å². The second-order valence-corrected chi connectivity index (χ2v) is 9.31. The molecule has 0 unspecified atom stereocenters. The highest BCUT2D eigenvalue weighted by molar-refractivity contribution is 6.28. The van der Waals surface area contributed by atoms with Gasteiger partial charge in [-0.2, -0.15) is 4.57 Å². The summed E-state index contributed by atoms with van der Waals surface area (Å²) in [5, 5.41) is 8.69. The second-order valence-electron chi connectivity index (χ2n) is 9.31. The van der Waals surface area contributed by atoms with Crippen LogP contribution in [-0.2, 0) is 7.05 Å². The number of fused-ring (bicyclic) bond motifs is 9. The second kappa shape index (κ2) is 6.15. The minimum atomic E-state index is 0.924. The Bertz CT molecular complexity index is 2090. The normalized spacial score (nSPS) is 12.4. The Morgan fingerprint density at radius 2 is 1.47 bits per heavy atom. The average Bonchev–Trinajstić information content (AvgIpc) is 3.51. The third-order valence-corrected chi connectivity index (χ3v) is 7.58. The van der Waals surface area contributed by atoms with Crippen LogP contribution in [-0.4, -0.2) is 4.40 Å². The quantitative estimate of drug-likeness (QED) is 0.243. The van der Waals surface area contributed by atoms with E-state index in [2.05, 4.69) is 114 Å². The summed E-state index contributed by atoms with van der Waals surface area (Å²) in [4.78, 5) is 0. The molecule has 8 aromatic rings. The fourth-order valence-corrected chi connectivity index (χ4v) is 6.03. The number of hydrogen-bond donors (Lipinski definition) is 0. The SMILES string of the molecule is Cc1c(-c2c3oc4c(c3cc[n+]2C)c2cccc3c5ccccc5n4c32)ccc2ccccc12. The molecule has 0 bridgehead atoms. The molecule has 8 rings (SSSR count). The van der Waals surface area contributed by atoms with Gasteiger partial charge in [0.1, 0.15) is 7.05 Å². The van der Waals surface area contributed by atoms with Crippen LogP contribution in [0.5, 0.6) is 0 Å². The van der Waals surface area contributed by atoms with Crippen molar-refractivity contribution < 1.29 is 8.98 Å². The van der Waals surface area contributed by atoms with E-state index in [-0.39, 0.29) is 0 Å². The Labute approximate surface area is 195 Å². The van der Waals surface area contributed by atoms with Gasteiger partial charge in [-0.1, -0.05) is 66.7 Å². The maximum atomic E-state index is 6.83. The van der Waals surface area contributed by atoms with Gasteiger partial charge in [-0.05, 0) is 35.4 Å². The van der Waals surface area contributed by atoms with E-state index in [1.807, 2.05) is 0 Å². The van der Waals surface area contributed by atoms with Crippen LogP contribution in [0.2, 0.25) is 0 Å². The van der Waals surface area contributed by atoms with E-state index in [0.29, 0.717) is 0 Å². The predicted molar refractivity (Wildman–Crippen MR) is 140 cm³/mol. The van der Waals surface area contributed by atoms with Crippen molar-refractivity contribution in [3.05, 3.63) is 96.7 Å². The summed E-state index contributed by atoms with van der Waals surface area (Å²) in [7, 11) is 2.11. The number of hydrogen-bond acceptors (Lipinski definition) is 1. The summed E-state index contributed by atoms with van der Waals surface area (Å²) < 4.78 is 11.3. The molecule has 0 N–H and O–H groups in total. The molecular weight excluding hydrogens is 416 g/mol. The Morgan fingerprint density at radius 3 is 2.38 bits per heavy atom. The molecular formula is C31H21N2O+. The Balaban J connectivity index is 1.57. The summed E-state index contributed by atoms with van der Waals surface area (Å²) in [6, 6.07) is 30.5. The number of benzene rings is 4. The van der Waals surface area contributed by atoms with Gasteiger partial charge in [0.2, 0.25) is 11.3 Å². The van der Waals surface area contributed by atoms with E-state index < -0.39 is 0 Å². The van der Waals surface area contributed by atoms with Gasteiger partial charge in [-0.25, -0.2) is 0 Å². The van der Waals surface area contributed by atoms with Crippen molar-refractivity contribution in [1.82, 2.24) is 4.40 Å². The summed E-state index contributed by atoms with van der Waals surface area (Å²) in [5.41, 5.74) is 7.89. The molecule has 0 spiro atoms. The van der Waals surface area contributed by atoms with Crippen LogP contribution in [0.1, 0.15) is 5.56 Å². The molecule has 0 radical (unpaired) electrons. The first-order valence-corrected chi connectivity index (χ1v) is 11.7. The monoisotopic (exact) mass is 437 g/mol. The van der Waals surface area contributed by atoms with Crippen LogP contribution in [0.4, 0.5) is 0 Å². The Morgan fingerprint density at radius 1 is 0.706 bits per heavy atom. The first-order chi connectivity index (χ1) is 16.7. The van der Waals surface area contributed by atoms with Gasteiger partial charge < -0.3 is 4.42 Å². The summed E-state index contributed by atoms with van der Waals surface area (Å²) in [6.45, 7) is 2.21. The number of rotatable bonds is 1. The lowest BCUT2D eigenvalue weighted by Gasteiger charge is -2.08. The van der Waals surface area contributed by atoms with Crippen molar-refractivity contribution in [2.24, 2.45) is 7.05 Å². The largest absolute Gasteiger partial charge is 0.432 e. The number of furan rings is 1.